The van der Waals surface area contributed by atoms with Gasteiger partial charge in [-0.1, -0.05) is 35.3 Å². The first-order chi connectivity index (χ1) is 14.9. The molecule has 12 heteroatoms. The molecule has 2 N–H and O–H groups in total. The molecule has 3 rings (SSSR count). The van der Waals surface area contributed by atoms with Crippen LogP contribution in [-0.4, -0.2) is 32.4 Å². The number of hydrogen-bond donors (Lipinski definition) is 2. The van der Waals surface area contributed by atoms with Crippen LogP contribution in [0.1, 0.15) is 21.6 Å². The lowest BCUT2D eigenvalue weighted by molar-refractivity contribution is -0.143. The Balaban J connectivity index is 2.16. The summed E-state index contributed by atoms with van der Waals surface area (Å²) in [5.74, 6) is -7.14. The van der Waals surface area contributed by atoms with Crippen molar-refractivity contribution in [2.24, 2.45) is 5.92 Å². The average molecular weight is 488 g/mol. The zero-order valence-electron chi connectivity index (χ0n) is 15.6. The minimum Gasteiger partial charge on any atom is -0.480 e. The van der Waals surface area contributed by atoms with E-state index in [9.17, 15) is 32.3 Å². The van der Waals surface area contributed by atoms with Gasteiger partial charge in [0.2, 0.25) is 0 Å². The normalized spacial score (nSPS) is 12.4. The molecule has 0 fully saturated rings. The first-order valence-electron chi connectivity index (χ1n) is 8.64. The highest BCUT2D eigenvalue weighted by molar-refractivity contribution is 6.37. The van der Waals surface area contributed by atoms with Crippen LogP contribution in [0.4, 0.5) is 17.6 Å². The van der Waals surface area contributed by atoms with Gasteiger partial charge in [-0.3, -0.25) is 9.59 Å². The molecule has 0 saturated heterocycles. The predicted octanol–water partition coefficient (Wildman–Crippen LogP) is 5.29. The average Bonchev–Trinajstić information content (AvgIpc) is 3.13. The van der Waals surface area contributed by atoms with Gasteiger partial charge < -0.3 is 10.5 Å². The number of nitrogens with one attached hydrogen (secondary N) is 1. The van der Waals surface area contributed by atoms with Crippen molar-refractivity contribution in [2.45, 2.75) is 6.18 Å². The van der Waals surface area contributed by atoms with E-state index in [2.05, 4.69) is 5.10 Å². The minimum absolute atomic E-state index is 0.0957. The van der Waals surface area contributed by atoms with Gasteiger partial charge in [-0.2, -0.15) is 18.3 Å². The highest BCUT2D eigenvalue weighted by Crippen LogP contribution is 2.36. The number of carboxylic acids is 1. The number of Topliss-reactive ketones (excluding diaryl/α,β-unsaturated/α-hetero) is 1. The summed E-state index contributed by atoms with van der Waals surface area (Å²) in [5.41, 5.74) is -4.62. The molecule has 2 aromatic carbocycles. The fraction of sp³-hybridized carbons (Fsp3) is 0.100. The number of nitrogens with zero attached hydrogens (tertiary/aromatic N) is 2. The maximum atomic E-state index is 14.2. The third kappa shape index (κ3) is 4.37. The van der Waals surface area contributed by atoms with Crippen LogP contribution in [0.5, 0.6) is 0 Å². The number of ketones is 1. The Labute approximate surface area is 187 Å². The number of carbonyl (C=O) groups is 2. The van der Waals surface area contributed by atoms with Crippen molar-refractivity contribution in [3.05, 3.63) is 81.3 Å². The Morgan fingerprint density at radius 1 is 1.12 bits per heavy atom. The van der Waals surface area contributed by atoms with Gasteiger partial charge in [-0.05, 0) is 30.3 Å². The van der Waals surface area contributed by atoms with Crippen LogP contribution in [0.3, 0.4) is 0 Å². The van der Waals surface area contributed by atoms with Gasteiger partial charge in [0.1, 0.15) is 5.82 Å². The first-order valence-corrected chi connectivity index (χ1v) is 9.40. The van der Waals surface area contributed by atoms with Gasteiger partial charge >= 0.3 is 12.1 Å². The van der Waals surface area contributed by atoms with Gasteiger partial charge in [0.15, 0.2) is 17.4 Å². The molecule has 1 aromatic heterocycles. The summed E-state index contributed by atoms with van der Waals surface area (Å²) in [6, 6.07) is 8.38. The number of hydrogen-bond acceptors (Lipinski definition) is 4. The molecule has 0 aliphatic rings. The number of rotatable bonds is 6. The van der Waals surface area contributed by atoms with E-state index in [0.29, 0.717) is 10.9 Å². The molecule has 166 valence electrons. The summed E-state index contributed by atoms with van der Waals surface area (Å²) in [7, 11) is 0. The van der Waals surface area contributed by atoms with Gasteiger partial charge in [0.05, 0.1) is 33.7 Å². The predicted molar refractivity (Wildman–Crippen MR) is 107 cm³/mol. The zero-order chi connectivity index (χ0) is 23.8. The quantitative estimate of drug-likeness (QED) is 0.213. The topological polar surface area (TPSA) is 96.0 Å². The van der Waals surface area contributed by atoms with Crippen LogP contribution in [0.15, 0.2) is 48.7 Å². The van der Waals surface area contributed by atoms with Crippen LogP contribution in [0.2, 0.25) is 10.0 Å². The molecule has 6 nitrogen and oxygen atoms in total. The fourth-order valence-electron chi connectivity index (χ4n) is 3.03. The number of aliphatic carboxylic acids is 1. The fourth-order valence-corrected chi connectivity index (χ4v) is 3.48. The lowest BCUT2D eigenvalue weighted by Gasteiger charge is -2.17. The molecule has 0 spiro atoms. The molecule has 0 amide bonds. The Morgan fingerprint density at radius 2 is 1.78 bits per heavy atom. The summed E-state index contributed by atoms with van der Waals surface area (Å²) in [4.78, 5) is 24.7. The third-order valence-corrected chi connectivity index (χ3v) is 4.94. The van der Waals surface area contributed by atoms with Crippen LogP contribution in [0, 0.1) is 17.1 Å². The number of halogens is 6. The summed E-state index contributed by atoms with van der Waals surface area (Å²) in [5, 5.41) is 20.9. The molecule has 0 saturated carbocycles. The van der Waals surface area contributed by atoms with E-state index in [1.165, 1.54) is 24.3 Å². The molecule has 1 heterocycles. The number of carboxylic acid groups (broad SMARTS) is 1. The highest BCUT2D eigenvalue weighted by atomic mass is 35.5. The molecular weight excluding hydrogens is 477 g/mol. The molecule has 0 aliphatic heterocycles. The van der Waals surface area contributed by atoms with Gasteiger partial charge in [-0.15, -0.1) is 0 Å². The highest BCUT2D eigenvalue weighted by Gasteiger charge is 2.44. The lowest BCUT2D eigenvalue weighted by Crippen LogP contribution is -2.34. The van der Waals surface area contributed by atoms with E-state index in [0.717, 1.165) is 18.2 Å². The van der Waals surface area contributed by atoms with Crippen molar-refractivity contribution in [1.29, 1.82) is 5.41 Å². The third-order valence-electron chi connectivity index (χ3n) is 4.39. The monoisotopic (exact) mass is 487 g/mol. The number of aromatic nitrogens is 2. The first kappa shape index (κ1) is 23.4. The van der Waals surface area contributed by atoms with Gasteiger partial charge in [0, 0.05) is 5.02 Å². The van der Waals surface area contributed by atoms with Crippen LogP contribution in [-0.2, 0) is 11.0 Å². The molecule has 32 heavy (non-hydrogen) atoms. The maximum absolute atomic E-state index is 14.2. The molecule has 1 atom stereocenters. The molecular formula is C20H11Cl2F4N3O3. The maximum Gasteiger partial charge on any atom is 0.434 e. The zero-order valence-corrected chi connectivity index (χ0v) is 17.1. The molecule has 3 aromatic rings. The van der Waals surface area contributed by atoms with Crippen LogP contribution >= 0.6 is 23.2 Å². The largest absolute Gasteiger partial charge is 0.480 e. The Morgan fingerprint density at radius 3 is 2.34 bits per heavy atom. The van der Waals surface area contributed by atoms with Crippen molar-refractivity contribution in [3.63, 3.8) is 0 Å². The van der Waals surface area contributed by atoms with Crippen molar-refractivity contribution in [3.8, 4) is 5.69 Å². The van der Waals surface area contributed by atoms with Crippen molar-refractivity contribution in [2.75, 3.05) is 0 Å². The van der Waals surface area contributed by atoms with E-state index in [-0.39, 0.29) is 15.7 Å². The molecule has 0 bridgehead atoms. The second-order valence-electron chi connectivity index (χ2n) is 6.44. The smallest absolute Gasteiger partial charge is 0.434 e. The van der Waals surface area contributed by atoms with Crippen molar-refractivity contribution >= 4 is 40.7 Å². The number of carbonyl (C=O) groups excluding carboxylic acids is 1. The van der Waals surface area contributed by atoms with Crippen molar-refractivity contribution in [1.82, 2.24) is 9.78 Å². The van der Waals surface area contributed by atoms with Gasteiger partial charge in [-0.25, -0.2) is 9.07 Å². The molecule has 0 aliphatic carbocycles. The Hall–Kier alpha value is -3.24. The van der Waals surface area contributed by atoms with Crippen LogP contribution < -0.4 is 0 Å². The van der Waals surface area contributed by atoms with E-state index in [1.807, 2.05) is 0 Å². The van der Waals surface area contributed by atoms with E-state index < -0.39 is 52.2 Å². The summed E-state index contributed by atoms with van der Waals surface area (Å²) in [6.45, 7) is 0. The second kappa shape index (κ2) is 8.71. The molecule has 1 unspecified atom stereocenters. The lowest BCUT2D eigenvalue weighted by atomic mass is 9.89. The molecule has 0 radical (unpaired) electrons. The van der Waals surface area contributed by atoms with Crippen molar-refractivity contribution < 1.29 is 32.3 Å². The second-order valence-corrected chi connectivity index (χ2v) is 7.29. The van der Waals surface area contributed by atoms with E-state index >= 15 is 0 Å². The standard InChI is InChI=1S/C20H11Cl2F4N3O3/c21-9-3-1-4-10(7-9)29-18(20(24,25)26)11(8-28-29)17(30)15(19(31)32)16(27)14-12(22)5-2-6-13(14)23/h1-8,15,27H,(H,31,32). The number of alkyl halides is 3. The number of benzene rings is 2. The van der Waals surface area contributed by atoms with Crippen LogP contribution in [0.25, 0.3) is 5.69 Å². The summed E-state index contributed by atoms with van der Waals surface area (Å²) >= 11 is 11.7. The minimum atomic E-state index is -5.13. The summed E-state index contributed by atoms with van der Waals surface area (Å²) in [6.07, 6.45) is -4.59. The van der Waals surface area contributed by atoms with E-state index in [4.69, 9.17) is 28.6 Å². The van der Waals surface area contributed by atoms with Gasteiger partial charge in [0.25, 0.3) is 0 Å². The Bertz CT molecular complexity index is 1220. The SMILES string of the molecule is N=C(c1c(F)cccc1Cl)C(C(=O)O)C(=O)c1cnn(-c2cccc(Cl)c2)c1C(F)(F)F. The Kier molecular flexibility index (Phi) is 6.38. The van der Waals surface area contributed by atoms with E-state index in [1.54, 1.807) is 0 Å². The summed E-state index contributed by atoms with van der Waals surface area (Å²) < 4.78 is 56.2.